The van der Waals surface area contributed by atoms with E-state index in [0.29, 0.717) is 12.1 Å². The molecule has 1 atom stereocenters. The van der Waals surface area contributed by atoms with Gasteiger partial charge in [-0.25, -0.2) is 4.79 Å². The Hall–Kier alpha value is -3.86. The summed E-state index contributed by atoms with van der Waals surface area (Å²) in [6.07, 6.45) is 0.712. The lowest BCUT2D eigenvalue weighted by molar-refractivity contribution is -0.117. The van der Waals surface area contributed by atoms with Gasteiger partial charge in [0.1, 0.15) is 5.69 Å². The van der Waals surface area contributed by atoms with Crippen molar-refractivity contribution in [2.45, 2.75) is 18.8 Å². The third-order valence-electron chi connectivity index (χ3n) is 6.29. The zero-order valence-electron chi connectivity index (χ0n) is 17.8. The SMILES string of the molecule is CCOC(=O)c1[nH]c2ccccc2c1NC(=O)[C@H]1CC1(c1ccccc1)c1ccccc1. The molecule has 1 aliphatic carbocycles. The lowest BCUT2D eigenvalue weighted by Gasteiger charge is -2.19. The van der Waals surface area contributed by atoms with Crippen LogP contribution in [0.5, 0.6) is 0 Å². The standard InChI is InChI=1S/C27H24N2O3/c1-2-32-26(31)24-23(20-15-9-10-16-22(20)28-24)29-25(30)21-17-27(21,18-11-5-3-6-12-18)19-13-7-4-8-14-19/h3-16,21,28H,2,17H2,1H3,(H,29,30)/t21-/m1/s1. The Morgan fingerprint density at radius 3 is 2.16 bits per heavy atom. The van der Waals surface area contributed by atoms with Crippen LogP contribution in [0.1, 0.15) is 35.0 Å². The van der Waals surface area contributed by atoms with Crippen molar-refractivity contribution in [3.05, 3.63) is 102 Å². The molecule has 3 aromatic carbocycles. The Balaban J connectivity index is 1.52. The molecule has 0 bridgehead atoms. The summed E-state index contributed by atoms with van der Waals surface area (Å²) in [5.41, 5.74) is 3.40. The number of nitrogens with one attached hydrogen (secondary N) is 2. The smallest absolute Gasteiger partial charge is 0.356 e. The van der Waals surface area contributed by atoms with E-state index in [4.69, 9.17) is 4.74 Å². The van der Waals surface area contributed by atoms with Gasteiger partial charge in [-0.2, -0.15) is 0 Å². The third-order valence-corrected chi connectivity index (χ3v) is 6.29. The maximum Gasteiger partial charge on any atom is 0.356 e. The van der Waals surface area contributed by atoms with Gasteiger partial charge in [-0.05, 0) is 30.5 Å². The lowest BCUT2D eigenvalue weighted by Crippen LogP contribution is -2.23. The van der Waals surface area contributed by atoms with Crippen LogP contribution >= 0.6 is 0 Å². The molecular formula is C27H24N2O3. The van der Waals surface area contributed by atoms with E-state index in [9.17, 15) is 9.59 Å². The molecule has 2 N–H and O–H groups in total. The Bertz CT molecular complexity index is 1240. The van der Waals surface area contributed by atoms with Gasteiger partial charge in [0.25, 0.3) is 0 Å². The van der Waals surface area contributed by atoms with Crippen molar-refractivity contribution >= 4 is 28.5 Å². The van der Waals surface area contributed by atoms with Crippen molar-refractivity contribution < 1.29 is 14.3 Å². The summed E-state index contributed by atoms with van der Waals surface area (Å²) in [7, 11) is 0. The van der Waals surface area contributed by atoms with Crippen molar-refractivity contribution in [2.24, 2.45) is 5.92 Å². The first-order valence-corrected chi connectivity index (χ1v) is 10.8. The quantitative estimate of drug-likeness (QED) is 0.413. The summed E-state index contributed by atoms with van der Waals surface area (Å²) in [5.74, 6) is -0.823. The van der Waals surface area contributed by atoms with Crippen molar-refractivity contribution in [1.29, 1.82) is 0 Å². The number of carbonyl (C=O) groups is 2. The highest BCUT2D eigenvalue weighted by atomic mass is 16.5. The van der Waals surface area contributed by atoms with Gasteiger partial charge in [0.15, 0.2) is 0 Å². The number of para-hydroxylation sites is 1. The van der Waals surface area contributed by atoms with Gasteiger partial charge >= 0.3 is 5.97 Å². The highest BCUT2D eigenvalue weighted by molar-refractivity contribution is 6.12. The average Bonchev–Trinajstić information content (AvgIpc) is 3.51. The van der Waals surface area contributed by atoms with E-state index in [1.807, 2.05) is 60.7 Å². The first kappa shape index (κ1) is 20.1. The fourth-order valence-electron chi connectivity index (χ4n) is 4.69. The van der Waals surface area contributed by atoms with Crippen molar-refractivity contribution in [3.8, 4) is 0 Å². The molecule has 1 fully saturated rings. The molecule has 0 radical (unpaired) electrons. The molecule has 5 nitrogen and oxygen atoms in total. The molecule has 0 spiro atoms. The fraction of sp³-hybridized carbons (Fsp3) is 0.185. The fourth-order valence-corrected chi connectivity index (χ4v) is 4.69. The number of hydrogen-bond acceptors (Lipinski definition) is 3. The molecule has 160 valence electrons. The van der Waals surface area contributed by atoms with Gasteiger partial charge in [-0.15, -0.1) is 0 Å². The Labute approximate surface area is 186 Å². The van der Waals surface area contributed by atoms with Gasteiger partial charge in [-0.1, -0.05) is 78.9 Å². The number of esters is 1. The first-order chi connectivity index (χ1) is 15.6. The van der Waals surface area contributed by atoms with E-state index in [1.54, 1.807) is 6.92 Å². The molecule has 1 aromatic heterocycles. The van der Waals surface area contributed by atoms with Crippen LogP contribution in [0.2, 0.25) is 0 Å². The minimum Gasteiger partial charge on any atom is -0.461 e. The molecule has 5 heteroatoms. The maximum absolute atomic E-state index is 13.5. The molecule has 32 heavy (non-hydrogen) atoms. The molecule has 1 saturated carbocycles. The van der Waals surface area contributed by atoms with Crippen LogP contribution in [0.25, 0.3) is 10.9 Å². The second kappa shape index (κ2) is 8.00. The van der Waals surface area contributed by atoms with Gasteiger partial charge in [0, 0.05) is 16.3 Å². The van der Waals surface area contributed by atoms with E-state index in [-0.39, 0.29) is 29.5 Å². The van der Waals surface area contributed by atoms with E-state index in [1.165, 1.54) is 0 Å². The minimum atomic E-state index is -0.479. The van der Waals surface area contributed by atoms with Crippen LogP contribution in [0, 0.1) is 5.92 Å². The highest BCUT2D eigenvalue weighted by Gasteiger charge is 2.60. The van der Waals surface area contributed by atoms with Crippen LogP contribution < -0.4 is 5.32 Å². The second-order valence-corrected chi connectivity index (χ2v) is 8.09. The number of amides is 1. The molecular weight excluding hydrogens is 400 g/mol. The molecule has 1 aliphatic rings. The summed E-state index contributed by atoms with van der Waals surface area (Å²) >= 11 is 0. The van der Waals surface area contributed by atoms with Crippen LogP contribution in [-0.2, 0) is 14.9 Å². The zero-order valence-corrected chi connectivity index (χ0v) is 17.8. The first-order valence-electron chi connectivity index (χ1n) is 10.8. The molecule has 0 unspecified atom stereocenters. The molecule has 4 aromatic rings. The molecule has 0 aliphatic heterocycles. The van der Waals surface area contributed by atoms with Gasteiger partial charge in [0.2, 0.25) is 5.91 Å². The Morgan fingerprint density at radius 1 is 0.938 bits per heavy atom. The number of aromatic nitrogens is 1. The number of ether oxygens (including phenoxy) is 1. The van der Waals surface area contributed by atoms with Crippen LogP contribution in [-0.4, -0.2) is 23.5 Å². The Morgan fingerprint density at radius 2 is 1.53 bits per heavy atom. The number of benzene rings is 3. The number of aromatic amines is 1. The summed E-state index contributed by atoms with van der Waals surface area (Å²) in [6.45, 7) is 2.02. The topological polar surface area (TPSA) is 71.2 Å². The predicted octanol–water partition coefficient (Wildman–Crippen LogP) is 5.29. The highest BCUT2D eigenvalue weighted by Crippen LogP contribution is 2.59. The maximum atomic E-state index is 13.5. The van der Waals surface area contributed by atoms with Gasteiger partial charge < -0.3 is 15.0 Å². The minimum absolute atomic E-state index is 0.104. The van der Waals surface area contributed by atoms with Crippen molar-refractivity contribution in [1.82, 2.24) is 4.98 Å². The number of H-pyrrole nitrogens is 1. The van der Waals surface area contributed by atoms with Crippen LogP contribution in [0.4, 0.5) is 5.69 Å². The molecule has 5 rings (SSSR count). The Kier molecular flexibility index (Phi) is 5.02. The summed E-state index contributed by atoms with van der Waals surface area (Å²) < 4.78 is 5.21. The van der Waals surface area contributed by atoms with Gasteiger partial charge in [-0.3, -0.25) is 4.79 Å². The number of hydrogen-bond donors (Lipinski definition) is 2. The predicted molar refractivity (Wildman–Crippen MR) is 125 cm³/mol. The summed E-state index contributed by atoms with van der Waals surface area (Å²) in [5, 5.41) is 3.84. The van der Waals surface area contributed by atoms with Crippen molar-refractivity contribution in [2.75, 3.05) is 11.9 Å². The van der Waals surface area contributed by atoms with E-state index in [2.05, 4.69) is 34.6 Å². The number of anilines is 1. The largest absolute Gasteiger partial charge is 0.461 e. The van der Waals surface area contributed by atoms with Gasteiger partial charge in [0.05, 0.1) is 18.2 Å². The lowest BCUT2D eigenvalue weighted by atomic mass is 9.85. The van der Waals surface area contributed by atoms with Crippen molar-refractivity contribution in [3.63, 3.8) is 0 Å². The number of rotatable bonds is 6. The van der Waals surface area contributed by atoms with E-state index in [0.717, 1.165) is 22.0 Å². The second-order valence-electron chi connectivity index (χ2n) is 8.09. The number of fused-ring (bicyclic) bond motifs is 1. The van der Waals surface area contributed by atoms with E-state index >= 15 is 0 Å². The van der Waals surface area contributed by atoms with Crippen LogP contribution in [0.15, 0.2) is 84.9 Å². The third kappa shape index (κ3) is 3.26. The monoisotopic (exact) mass is 424 g/mol. The average molecular weight is 425 g/mol. The molecule has 1 heterocycles. The summed E-state index contributed by atoms with van der Waals surface area (Å²) in [4.78, 5) is 29.2. The zero-order chi connectivity index (χ0) is 22.1. The van der Waals surface area contributed by atoms with Crippen LogP contribution in [0.3, 0.4) is 0 Å². The van der Waals surface area contributed by atoms with E-state index < -0.39 is 5.97 Å². The summed E-state index contributed by atoms with van der Waals surface area (Å²) in [6, 6.07) is 27.8. The molecule has 0 saturated heterocycles. The number of carbonyl (C=O) groups excluding carboxylic acids is 2. The molecule has 1 amide bonds. The normalized spacial score (nSPS) is 16.5.